The van der Waals surface area contributed by atoms with E-state index in [0.717, 1.165) is 0 Å². The molecule has 110 valence electrons. The van der Waals surface area contributed by atoms with Gasteiger partial charge < -0.3 is 24.4 Å². The first-order valence-corrected chi connectivity index (χ1v) is 7.23. The van der Waals surface area contributed by atoms with Crippen molar-refractivity contribution in [2.24, 2.45) is 0 Å². The summed E-state index contributed by atoms with van der Waals surface area (Å²) in [6, 6.07) is 1.52. The van der Waals surface area contributed by atoms with Crippen LogP contribution in [-0.2, 0) is 13.8 Å². The van der Waals surface area contributed by atoms with Crippen molar-refractivity contribution in [1.82, 2.24) is 9.55 Å². The Morgan fingerprint density at radius 2 is 2.30 bits per heavy atom. The monoisotopic (exact) mass is 305 g/mol. The van der Waals surface area contributed by atoms with Gasteiger partial charge in [0.25, 0.3) is 0 Å². The van der Waals surface area contributed by atoms with Gasteiger partial charge in [-0.25, -0.2) is 4.57 Å². The van der Waals surface area contributed by atoms with Gasteiger partial charge in [-0.05, 0) is 6.07 Å². The molecule has 0 unspecified atom stereocenters. The Morgan fingerprint density at radius 1 is 1.55 bits per heavy atom. The summed E-state index contributed by atoms with van der Waals surface area (Å²) in [5.41, 5.74) is -0.0117. The van der Waals surface area contributed by atoms with Crippen molar-refractivity contribution in [1.29, 1.82) is 5.41 Å². The molecule has 0 bridgehead atoms. The van der Waals surface area contributed by atoms with Crippen LogP contribution in [0, 0.1) is 5.41 Å². The number of hydrogen-bond acceptors (Lipinski definition) is 7. The number of hydrogen-bond donors (Lipinski definition) is 4. The Labute approximate surface area is 112 Å². The molecular weight excluding hydrogens is 293 g/mol. The second-order valence-electron chi connectivity index (χ2n) is 4.39. The molecule has 3 rings (SSSR count). The van der Waals surface area contributed by atoms with Crippen LogP contribution < -0.4 is 10.2 Å². The van der Waals surface area contributed by atoms with Crippen LogP contribution in [-0.4, -0.2) is 49.4 Å². The maximum absolute atomic E-state index is 11.0. The summed E-state index contributed by atoms with van der Waals surface area (Å²) in [6.07, 6.45) is -2.11. The topological polar surface area (TPSA) is 147 Å². The molecule has 1 aromatic heterocycles. The lowest BCUT2D eigenvalue weighted by Crippen LogP contribution is -2.37. The summed E-state index contributed by atoms with van der Waals surface area (Å²) in [6.45, 7) is -0.471. The summed E-state index contributed by atoms with van der Waals surface area (Å²) in [7, 11) is -4.76. The summed E-state index contributed by atoms with van der Waals surface area (Å²) in [5, 5.41) is 16.6. The fraction of sp³-hybridized carbons (Fsp3) is 0.556. The number of phosphoric acid groups is 1. The van der Waals surface area contributed by atoms with Gasteiger partial charge >= 0.3 is 13.8 Å². The fourth-order valence-electron chi connectivity index (χ4n) is 2.31. The first-order chi connectivity index (χ1) is 9.39. The fourth-order valence-corrected chi connectivity index (χ4v) is 2.88. The molecule has 0 radical (unpaired) electrons. The molecular formula is C9H12N3O7P. The highest BCUT2D eigenvalue weighted by Gasteiger charge is 2.54. The number of rotatable bonds is 3. The molecule has 11 heteroatoms. The van der Waals surface area contributed by atoms with E-state index in [1.165, 1.54) is 16.8 Å². The lowest BCUT2D eigenvalue weighted by molar-refractivity contribution is -0.0427. The molecule has 0 aromatic carbocycles. The predicted molar refractivity (Wildman–Crippen MR) is 60.4 cm³/mol. The molecule has 0 amide bonds. The normalized spacial score (nSPS) is 31.8. The minimum absolute atomic E-state index is 0.0117. The van der Waals surface area contributed by atoms with Crippen molar-refractivity contribution >= 4 is 7.82 Å². The van der Waals surface area contributed by atoms with Gasteiger partial charge in [0.05, 0.1) is 6.61 Å². The molecule has 1 fully saturated rings. The van der Waals surface area contributed by atoms with E-state index in [4.69, 9.17) is 24.7 Å². The van der Waals surface area contributed by atoms with Crippen LogP contribution >= 0.6 is 7.82 Å². The molecule has 2 aliphatic heterocycles. The second kappa shape index (κ2) is 4.62. The molecule has 0 aliphatic carbocycles. The third-order valence-electron chi connectivity index (χ3n) is 3.07. The predicted octanol–water partition coefficient (Wildman–Crippen LogP) is -1.51. The first-order valence-electron chi connectivity index (χ1n) is 5.70. The smallest absolute Gasteiger partial charge is 0.453 e. The zero-order valence-electron chi connectivity index (χ0n) is 9.99. The second-order valence-corrected chi connectivity index (χ2v) is 5.59. The average Bonchev–Trinajstić information content (AvgIpc) is 2.84. The number of aliphatic hydroxyl groups is 1. The van der Waals surface area contributed by atoms with Gasteiger partial charge in [-0.1, -0.05) is 0 Å². The Balaban J connectivity index is 1.92. The molecule has 4 atom stereocenters. The van der Waals surface area contributed by atoms with Crippen LogP contribution in [0.25, 0.3) is 0 Å². The van der Waals surface area contributed by atoms with Crippen molar-refractivity contribution < 1.29 is 33.5 Å². The van der Waals surface area contributed by atoms with E-state index in [2.05, 4.69) is 9.51 Å². The molecule has 20 heavy (non-hydrogen) atoms. The first kappa shape index (κ1) is 13.7. The largest absolute Gasteiger partial charge is 0.470 e. The Bertz CT molecular complexity index is 628. The number of ether oxygens (including phenoxy) is 2. The zero-order chi connectivity index (χ0) is 14.5. The molecule has 10 nitrogen and oxygen atoms in total. The maximum atomic E-state index is 11.0. The molecule has 3 heterocycles. The molecule has 2 aliphatic rings. The van der Waals surface area contributed by atoms with Gasteiger partial charge in [-0.2, -0.15) is 4.98 Å². The van der Waals surface area contributed by atoms with Crippen LogP contribution in [0.5, 0.6) is 6.01 Å². The van der Waals surface area contributed by atoms with E-state index in [1.807, 2.05) is 0 Å². The quantitative estimate of drug-likeness (QED) is 0.493. The summed E-state index contributed by atoms with van der Waals surface area (Å²) in [4.78, 5) is 21.7. The van der Waals surface area contributed by atoms with Gasteiger partial charge in [0, 0.05) is 6.20 Å². The van der Waals surface area contributed by atoms with Crippen LogP contribution in [0.15, 0.2) is 12.3 Å². The van der Waals surface area contributed by atoms with Crippen molar-refractivity contribution in [2.45, 2.75) is 24.5 Å². The van der Waals surface area contributed by atoms with Crippen molar-refractivity contribution in [2.75, 3.05) is 6.61 Å². The molecule has 0 spiro atoms. The minimum Gasteiger partial charge on any atom is -0.453 e. The number of aromatic nitrogens is 2. The van der Waals surface area contributed by atoms with E-state index in [1.54, 1.807) is 0 Å². The van der Waals surface area contributed by atoms with Gasteiger partial charge in [0.15, 0.2) is 17.8 Å². The molecule has 0 saturated carbocycles. The van der Waals surface area contributed by atoms with Crippen molar-refractivity contribution in [3.63, 3.8) is 0 Å². The number of nitrogens with one attached hydrogen (secondary N) is 1. The average molecular weight is 305 g/mol. The van der Waals surface area contributed by atoms with E-state index in [0.29, 0.717) is 0 Å². The third kappa shape index (κ3) is 2.26. The number of fused-ring (bicyclic) bond motifs is 3. The standard InChI is InChI=1S/C9H12N3O7P/c10-5-1-2-12-8-7(18-9(12)11-5)6(4(3-13)17-8)19-20(14,15)16/h1-2,4,6-8,10,13H,3H2,(H2,14,15,16)/t4-,6-,7+,8-/m1/s1. The highest BCUT2D eigenvalue weighted by atomic mass is 31.2. The van der Waals surface area contributed by atoms with Gasteiger partial charge in [0.1, 0.15) is 12.2 Å². The van der Waals surface area contributed by atoms with E-state index in [9.17, 15) is 9.67 Å². The minimum atomic E-state index is -4.76. The van der Waals surface area contributed by atoms with Gasteiger partial charge in [-0.15, -0.1) is 0 Å². The summed E-state index contributed by atoms with van der Waals surface area (Å²) < 4.78 is 28.0. The van der Waals surface area contributed by atoms with E-state index < -0.39 is 39.0 Å². The van der Waals surface area contributed by atoms with Gasteiger partial charge in [0.2, 0.25) is 0 Å². The SMILES string of the molecule is N=c1ccn2c(n1)O[C@H]1[C@H](OP(=O)(O)O)[C@@H](CO)O[C@H]12. The summed E-state index contributed by atoms with van der Waals surface area (Å²) in [5.74, 6) is 0. The Morgan fingerprint density at radius 3 is 2.95 bits per heavy atom. The third-order valence-corrected chi connectivity index (χ3v) is 3.59. The zero-order valence-corrected chi connectivity index (χ0v) is 10.9. The van der Waals surface area contributed by atoms with Crippen molar-refractivity contribution in [3.8, 4) is 6.01 Å². The maximum Gasteiger partial charge on any atom is 0.470 e. The lowest BCUT2D eigenvalue weighted by atomic mass is 10.1. The highest BCUT2D eigenvalue weighted by molar-refractivity contribution is 7.46. The highest BCUT2D eigenvalue weighted by Crippen LogP contribution is 2.47. The number of aliphatic hydroxyl groups excluding tert-OH is 1. The van der Waals surface area contributed by atoms with Crippen molar-refractivity contribution in [3.05, 3.63) is 17.8 Å². The van der Waals surface area contributed by atoms with Crippen LogP contribution in [0.2, 0.25) is 0 Å². The number of nitrogens with zero attached hydrogens (tertiary/aromatic N) is 2. The van der Waals surface area contributed by atoms with E-state index in [-0.39, 0.29) is 11.5 Å². The van der Waals surface area contributed by atoms with Gasteiger partial charge in [-0.3, -0.25) is 14.5 Å². The molecule has 1 aromatic rings. The molecule has 1 saturated heterocycles. The Hall–Kier alpha value is -1.29. The molecule has 4 N–H and O–H groups in total. The van der Waals surface area contributed by atoms with Crippen LogP contribution in [0.3, 0.4) is 0 Å². The van der Waals surface area contributed by atoms with Crippen LogP contribution in [0.4, 0.5) is 0 Å². The Kier molecular flexibility index (Phi) is 3.16. The number of phosphoric ester groups is 1. The van der Waals surface area contributed by atoms with E-state index >= 15 is 0 Å². The van der Waals surface area contributed by atoms with Crippen LogP contribution in [0.1, 0.15) is 6.23 Å². The summed E-state index contributed by atoms with van der Waals surface area (Å²) >= 11 is 0. The lowest BCUT2D eigenvalue weighted by Gasteiger charge is -2.20.